The predicted octanol–water partition coefficient (Wildman–Crippen LogP) is 2.87. The lowest BCUT2D eigenvalue weighted by atomic mass is 10.1. The molecule has 3 heterocycles. The van der Waals surface area contributed by atoms with E-state index in [9.17, 15) is 22.4 Å². The summed E-state index contributed by atoms with van der Waals surface area (Å²) in [6.07, 6.45) is 3.35. The minimum atomic E-state index is -1.57. The zero-order valence-corrected chi connectivity index (χ0v) is 15.2. The molecule has 0 N–H and O–H groups in total. The van der Waals surface area contributed by atoms with Crippen molar-refractivity contribution in [2.24, 2.45) is 0 Å². The second kappa shape index (κ2) is 7.26. The van der Waals surface area contributed by atoms with Crippen LogP contribution in [0.5, 0.6) is 0 Å². The number of fused-ring (bicyclic) bond motifs is 1. The summed E-state index contributed by atoms with van der Waals surface area (Å²) in [6, 6.07) is 1.40. The molecule has 0 bridgehead atoms. The molecule has 3 aromatic rings. The van der Waals surface area contributed by atoms with Gasteiger partial charge in [-0.1, -0.05) is 0 Å². The SMILES string of the molecule is C[C@H]1Cn2ncc(-c3ncc(F)cn3)c2CN1C(=O)Cc1cc(F)c(F)c(F)c1. The van der Waals surface area contributed by atoms with Crippen LogP contribution in [-0.2, 0) is 24.3 Å². The van der Waals surface area contributed by atoms with Crippen LogP contribution in [-0.4, -0.2) is 36.6 Å². The van der Waals surface area contributed by atoms with E-state index in [1.165, 1.54) is 0 Å². The Bertz CT molecular complexity index is 1060. The molecule has 0 saturated heterocycles. The zero-order valence-electron chi connectivity index (χ0n) is 15.2. The summed E-state index contributed by atoms with van der Waals surface area (Å²) in [5, 5.41) is 4.28. The monoisotopic (exact) mass is 405 g/mol. The van der Waals surface area contributed by atoms with Crippen molar-refractivity contribution in [3.8, 4) is 11.4 Å². The van der Waals surface area contributed by atoms with Crippen LogP contribution < -0.4 is 0 Å². The maximum absolute atomic E-state index is 13.4. The van der Waals surface area contributed by atoms with Gasteiger partial charge in [-0.25, -0.2) is 27.5 Å². The van der Waals surface area contributed by atoms with Crippen molar-refractivity contribution in [2.75, 3.05) is 0 Å². The third-order valence-corrected chi connectivity index (χ3v) is 4.82. The summed E-state index contributed by atoms with van der Waals surface area (Å²) in [4.78, 5) is 22.2. The molecule has 29 heavy (non-hydrogen) atoms. The highest BCUT2D eigenvalue weighted by atomic mass is 19.2. The van der Waals surface area contributed by atoms with E-state index in [0.29, 0.717) is 17.8 Å². The first-order valence-corrected chi connectivity index (χ1v) is 8.79. The highest BCUT2D eigenvalue weighted by Gasteiger charge is 2.30. The number of carbonyl (C=O) groups is 1. The van der Waals surface area contributed by atoms with Crippen LogP contribution in [0.15, 0.2) is 30.7 Å². The number of rotatable bonds is 3. The topological polar surface area (TPSA) is 63.9 Å². The fraction of sp³-hybridized carbons (Fsp3) is 0.263. The first kappa shape index (κ1) is 19.0. The van der Waals surface area contributed by atoms with Gasteiger partial charge < -0.3 is 4.90 Å². The van der Waals surface area contributed by atoms with E-state index < -0.39 is 23.3 Å². The van der Waals surface area contributed by atoms with Crippen molar-refractivity contribution >= 4 is 5.91 Å². The molecule has 150 valence electrons. The number of amides is 1. The molecule has 1 aromatic carbocycles. The lowest BCUT2D eigenvalue weighted by molar-refractivity contribution is -0.134. The molecule has 4 rings (SSSR count). The van der Waals surface area contributed by atoms with Crippen LogP contribution in [0.25, 0.3) is 11.4 Å². The molecule has 1 aliphatic heterocycles. The van der Waals surface area contributed by atoms with Crippen molar-refractivity contribution in [3.05, 3.63) is 65.2 Å². The maximum atomic E-state index is 13.4. The van der Waals surface area contributed by atoms with E-state index in [2.05, 4.69) is 15.1 Å². The van der Waals surface area contributed by atoms with Crippen molar-refractivity contribution in [1.82, 2.24) is 24.6 Å². The van der Waals surface area contributed by atoms with Gasteiger partial charge in [0.25, 0.3) is 0 Å². The molecule has 0 aliphatic carbocycles. The predicted molar refractivity (Wildman–Crippen MR) is 93.2 cm³/mol. The van der Waals surface area contributed by atoms with E-state index in [4.69, 9.17) is 0 Å². The lowest BCUT2D eigenvalue weighted by Gasteiger charge is -2.34. The van der Waals surface area contributed by atoms with E-state index in [1.807, 2.05) is 6.92 Å². The van der Waals surface area contributed by atoms with Gasteiger partial charge in [-0.3, -0.25) is 9.48 Å². The van der Waals surface area contributed by atoms with Crippen molar-refractivity contribution in [2.45, 2.75) is 32.5 Å². The second-order valence-electron chi connectivity index (χ2n) is 6.83. The summed E-state index contributed by atoms with van der Waals surface area (Å²) >= 11 is 0. The first-order valence-electron chi connectivity index (χ1n) is 8.79. The van der Waals surface area contributed by atoms with E-state index in [0.717, 1.165) is 24.5 Å². The minimum absolute atomic E-state index is 0.0415. The highest BCUT2D eigenvalue weighted by molar-refractivity contribution is 5.79. The Labute approximate surface area is 162 Å². The molecular weight excluding hydrogens is 390 g/mol. The Morgan fingerprint density at radius 1 is 1.10 bits per heavy atom. The average molecular weight is 405 g/mol. The summed E-state index contributed by atoms with van der Waals surface area (Å²) in [6.45, 7) is 2.39. The van der Waals surface area contributed by atoms with Gasteiger partial charge in [-0.15, -0.1) is 0 Å². The van der Waals surface area contributed by atoms with Gasteiger partial charge in [-0.2, -0.15) is 5.10 Å². The number of hydrogen-bond acceptors (Lipinski definition) is 4. The lowest BCUT2D eigenvalue weighted by Crippen LogP contribution is -2.45. The first-order chi connectivity index (χ1) is 13.8. The van der Waals surface area contributed by atoms with Crippen LogP contribution in [0.3, 0.4) is 0 Å². The molecule has 0 saturated carbocycles. The van der Waals surface area contributed by atoms with Crippen molar-refractivity contribution < 1.29 is 22.4 Å². The zero-order chi connectivity index (χ0) is 20.7. The molecular formula is C19H15F4N5O. The van der Waals surface area contributed by atoms with Crippen LogP contribution in [0.2, 0.25) is 0 Å². The third kappa shape index (κ3) is 3.57. The Hall–Kier alpha value is -3.30. The normalized spacial score (nSPS) is 16.0. The molecule has 0 unspecified atom stereocenters. The molecule has 1 amide bonds. The Morgan fingerprint density at radius 2 is 1.76 bits per heavy atom. The molecule has 6 nitrogen and oxygen atoms in total. The van der Waals surface area contributed by atoms with Gasteiger partial charge in [0.15, 0.2) is 29.1 Å². The highest BCUT2D eigenvalue weighted by Crippen LogP contribution is 2.27. The standard InChI is InChI=1S/C19H15F4N5O/c1-10-8-28-16(13(7-26-28)19-24-5-12(20)6-25-19)9-27(10)17(29)4-11-2-14(21)18(23)15(22)3-11/h2-3,5-7,10H,4,8-9H2,1H3/t10-/m0/s1. The molecule has 0 radical (unpaired) electrons. The summed E-state index contributed by atoms with van der Waals surface area (Å²) < 4.78 is 54.8. The van der Waals surface area contributed by atoms with Crippen molar-refractivity contribution in [3.63, 3.8) is 0 Å². The van der Waals surface area contributed by atoms with Gasteiger partial charge in [-0.05, 0) is 24.6 Å². The van der Waals surface area contributed by atoms with E-state index in [-0.39, 0.29) is 36.3 Å². The molecule has 0 spiro atoms. The maximum Gasteiger partial charge on any atom is 0.227 e. The molecule has 0 fully saturated rings. The number of benzene rings is 1. The van der Waals surface area contributed by atoms with E-state index in [1.54, 1.807) is 15.8 Å². The third-order valence-electron chi connectivity index (χ3n) is 4.82. The van der Waals surface area contributed by atoms with Gasteiger partial charge >= 0.3 is 0 Å². The molecule has 10 heteroatoms. The Kier molecular flexibility index (Phi) is 4.77. The van der Waals surface area contributed by atoms with Crippen LogP contribution in [0, 0.1) is 23.3 Å². The smallest absolute Gasteiger partial charge is 0.227 e. The van der Waals surface area contributed by atoms with E-state index >= 15 is 0 Å². The Morgan fingerprint density at radius 3 is 2.41 bits per heavy atom. The summed E-state index contributed by atoms with van der Waals surface area (Å²) in [5.74, 6) is -4.92. The van der Waals surface area contributed by atoms with Gasteiger partial charge in [0.1, 0.15) is 0 Å². The fourth-order valence-corrected chi connectivity index (χ4v) is 3.36. The average Bonchev–Trinajstić information content (AvgIpc) is 3.08. The quantitative estimate of drug-likeness (QED) is 0.497. The molecule has 1 atom stereocenters. The summed E-state index contributed by atoms with van der Waals surface area (Å²) in [7, 11) is 0. The summed E-state index contributed by atoms with van der Waals surface area (Å²) in [5.41, 5.74) is 1.27. The van der Waals surface area contributed by atoms with Gasteiger partial charge in [0.2, 0.25) is 5.91 Å². The number of carbonyl (C=O) groups excluding carboxylic acids is 1. The Balaban J connectivity index is 1.59. The minimum Gasteiger partial charge on any atom is -0.332 e. The second-order valence-corrected chi connectivity index (χ2v) is 6.83. The molecule has 1 aliphatic rings. The number of halogens is 4. The van der Waals surface area contributed by atoms with Gasteiger partial charge in [0, 0.05) is 6.04 Å². The number of nitrogens with zero attached hydrogens (tertiary/aromatic N) is 5. The largest absolute Gasteiger partial charge is 0.332 e. The van der Waals surface area contributed by atoms with Crippen LogP contribution >= 0.6 is 0 Å². The van der Waals surface area contributed by atoms with Gasteiger partial charge in [0.05, 0.1) is 49.4 Å². The number of hydrogen-bond donors (Lipinski definition) is 0. The molecule has 2 aromatic heterocycles. The van der Waals surface area contributed by atoms with Crippen LogP contribution in [0.1, 0.15) is 18.2 Å². The fourth-order valence-electron chi connectivity index (χ4n) is 3.36. The number of aromatic nitrogens is 4. The van der Waals surface area contributed by atoms with Crippen molar-refractivity contribution in [1.29, 1.82) is 0 Å². The van der Waals surface area contributed by atoms with Crippen LogP contribution in [0.4, 0.5) is 17.6 Å².